The van der Waals surface area contributed by atoms with Gasteiger partial charge in [0.1, 0.15) is 5.69 Å². The summed E-state index contributed by atoms with van der Waals surface area (Å²) in [5, 5.41) is 0.350. The van der Waals surface area contributed by atoms with Gasteiger partial charge in [-0.05, 0) is 19.9 Å². The first-order valence-electron chi connectivity index (χ1n) is 6.15. The fourth-order valence-electron chi connectivity index (χ4n) is 2.09. The molecule has 19 heavy (non-hydrogen) atoms. The van der Waals surface area contributed by atoms with Crippen molar-refractivity contribution in [3.05, 3.63) is 38.8 Å². The Morgan fingerprint density at radius 1 is 1.21 bits per heavy atom. The van der Waals surface area contributed by atoms with Crippen molar-refractivity contribution in [3.63, 3.8) is 0 Å². The minimum absolute atomic E-state index is 0.210. The second kappa shape index (κ2) is 4.79. The van der Waals surface area contributed by atoms with Gasteiger partial charge >= 0.3 is 5.69 Å². The summed E-state index contributed by atoms with van der Waals surface area (Å²) in [6, 6.07) is 1.46. The summed E-state index contributed by atoms with van der Waals surface area (Å²) in [5.41, 5.74) is -0.0299. The molecule has 6 nitrogen and oxygen atoms in total. The number of pyridine rings is 1. The summed E-state index contributed by atoms with van der Waals surface area (Å²) in [5.74, 6) is -0.210. The average Bonchev–Trinajstić information content (AvgIpc) is 2.39. The average molecular weight is 261 g/mol. The highest BCUT2D eigenvalue weighted by molar-refractivity contribution is 5.95. The Morgan fingerprint density at radius 3 is 2.37 bits per heavy atom. The maximum Gasteiger partial charge on any atom is 0.331 e. The molecule has 0 saturated heterocycles. The van der Waals surface area contributed by atoms with Crippen LogP contribution in [0.25, 0.3) is 10.9 Å². The first-order chi connectivity index (χ1) is 9.01. The molecule has 0 aromatic carbocycles. The number of aromatic nitrogens is 3. The molecule has 0 N–H and O–H groups in total. The van der Waals surface area contributed by atoms with Gasteiger partial charge in [0.15, 0.2) is 5.78 Å². The largest absolute Gasteiger partial charge is 0.331 e. The van der Waals surface area contributed by atoms with Gasteiger partial charge in [-0.3, -0.25) is 23.7 Å². The van der Waals surface area contributed by atoms with Gasteiger partial charge in [-0.1, -0.05) is 0 Å². The van der Waals surface area contributed by atoms with Gasteiger partial charge in [0.2, 0.25) is 0 Å². The van der Waals surface area contributed by atoms with Crippen LogP contribution in [0.3, 0.4) is 0 Å². The number of carbonyl (C=O) groups excluding carboxylic acids is 1. The number of nitrogens with zero attached hydrogens (tertiary/aromatic N) is 3. The van der Waals surface area contributed by atoms with Crippen LogP contribution in [0.5, 0.6) is 0 Å². The van der Waals surface area contributed by atoms with Gasteiger partial charge in [0.25, 0.3) is 5.56 Å². The molecule has 2 aromatic heterocycles. The Labute approximate surface area is 109 Å². The van der Waals surface area contributed by atoms with Crippen molar-refractivity contribution < 1.29 is 4.79 Å². The fourth-order valence-corrected chi connectivity index (χ4v) is 2.09. The lowest BCUT2D eigenvalue weighted by molar-refractivity contribution is 0.101. The normalized spacial score (nSPS) is 10.9. The van der Waals surface area contributed by atoms with Crippen LogP contribution in [-0.2, 0) is 13.1 Å². The van der Waals surface area contributed by atoms with Crippen LogP contribution in [0, 0.1) is 0 Å². The molecule has 0 bridgehead atoms. The lowest BCUT2D eigenvalue weighted by Gasteiger charge is -2.11. The first kappa shape index (κ1) is 13.2. The van der Waals surface area contributed by atoms with Crippen LogP contribution in [0.4, 0.5) is 0 Å². The molecule has 0 aliphatic rings. The zero-order chi connectivity index (χ0) is 14.2. The topological polar surface area (TPSA) is 74.0 Å². The highest BCUT2D eigenvalue weighted by Crippen LogP contribution is 2.09. The molecular formula is C13H15N3O3. The highest BCUT2D eigenvalue weighted by Gasteiger charge is 2.13. The summed E-state index contributed by atoms with van der Waals surface area (Å²) >= 11 is 0. The summed E-state index contributed by atoms with van der Waals surface area (Å²) in [4.78, 5) is 39.7. The summed E-state index contributed by atoms with van der Waals surface area (Å²) in [7, 11) is 0. The van der Waals surface area contributed by atoms with Gasteiger partial charge in [-0.2, -0.15) is 0 Å². The molecule has 2 rings (SSSR count). The van der Waals surface area contributed by atoms with Gasteiger partial charge < -0.3 is 0 Å². The van der Waals surface area contributed by atoms with E-state index in [9.17, 15) is 14.4 Å². The third-order valence-corrected chi connectivity index (χ3v) is 3.10. The van der Waals surface area contributed by atoms with E-state index in [0.717, 1.165) is 4.57 Å². The van der Waals surface area contributed by atoms with E-state index in [4.69, 9.17) is 0 Å². The second-order valence-corrected chi connectivity index (χ2v) is 4.22. The van der Waals surface area contributed by atoms with Crippen LogP contribution >= 0.6 is 0 Å². The number of rotatable bonds is 3. The molecule has 0 aliphatic carbocycles. The van der Waals surface area contributed by atoms with E-state index in [-0.39, 0.29) is 22.7 Å². The predicted octanol–water partition coefficient (Wildman–Crippen LogP) is 0.801. The van der Waals surface area contributed by atoms with Crippen molar-refractivity contribution in [2.75, 3.05) is 0 Å². The van der Waals surface area contributed by atoms with E-state index in [1.165, 1.54) is 23.8 Å². The summed E-state index contributed by atoms with van der Waals surface area (Å²) < 4.78 is 2.65. The molecule has 2 aromatic rings. The van der Waals surface area contributed by atoms with E-state index in [0.29, 0.717) is 24.0 Å². The molecule has 0 unspecified atom stereocenters. The molecule has 0 spiro atoms. The van der Waals surface area contributed by atoms with E-state index in [1.54, 1.807) is 6.92 Å². The monoisotopic (exact) mass is 261 g/mol. The molecule has 100 valence electrons. The second-order valence-electron chi connectivity index (χ2n) is 4.22. The number of hydrogen-bond donors (Lipinski definition) is 0. The number of aryl methyl sites for hydroxylation is 1. The number of Topliss-reactive ketones (excluding diaryl/α,β-unsaturated/α-hetero) is 1. The Balaban J connectivity index is 3.00. The van der Waals surface area contributed by atoms with Gasteiger partial charge in [0, 0.05) is 20.0 Å². The van der Waals surface area contributed by atoms with Crippen LogP contribution in [0.1, 0.15) is 31.3 Å². The maximum absolute atomic E-state index is 12.2. The number of ketones is 1. The lowest BCUT2D eigenvalue weighted by atomic mass is 10.2. The van der Waals surface area contributed by atoms with Crippen molar-refractivity contribution in [1.82, 2.24) is 14.1 Å². The van der Waals surface area contributed by atoms with Crippen molar-refractivity contribution in [2.45, 2.75) is 33.9 Å². The van der Waals surface area contributed by atoms with E-state index in [1.807, 2.05) is 6.92 Å². The Kier molecular flexibility index (Phi) is 3.33. The maximum atomic E-state index is 12.2. The Morgan fingerprint density at radius 2 is 1.84 bits per heavy atom. The van der Waals surface area contributed by atoms with Crippen LogP contribution in [-0.4, -0.2) is 19.9 Å². The van der Waals surface area contributed by atoms with E-state index >= 15 is 0 Å². The third kappa shape index (κ3) is 1.99. The minimum atomic E-state index is -0.378. The zero-order valence-corrected chi connectivity index (χ0v) is 11.1. The predicted molar refractivity (Wildman–Crippen MR) is 71.6 cm³/mol. The molecule has 0 radical (unpaired) electrons. The Bertz CT molecular complexity index is 771. The van der Waals surface area contributed by atoms with E-state index in [2.05, 4.69) is 4.98 Å². The van der Waals surface area contributed by atoms with E-state index < -0.39 is 0 Å². The number of fused-ring (bicyclic) bond motifs is 1. The van der Waals surface area contributed by atoms with Crippen molar-refractivity contribution in [1.29, 1.82) is 0 Å². The number of hydrogen-bond acceptors (Lipinski definition) is 4. The Hall–Kier alpha value is -2.24. The molecule has 2 heterocycles. The molecule has 0 atom stereocenters. The fraction of sp³-hybridized carbons (Fsp3) is 0.385. The summed E-state index contributed by atoms with van der Waals surface area (Å²) in [6.45, 7) is 5.69. The van der Waals surface area contributed by atoms with Gasteiger partial charge in [-0.15, -0.1) is 0 Å². The standard InChI is InChI=1S/C13H15N3O3/c1-4-15-11-7-14-10(8(3)17)6-9(11)12(18)16(5-2)13(15)19/h6-7H,4-5H2,1-3H3. The molecule has 0 saturated carbocycles. The van der Waals surface area contributed by atoms with Crippen molar-refractivity contribution >= 4 is 16.7 Å². The van der Waals surface area contributed by atoms with Crippen molar-refractivity contribution in [3.8, 4) is 0 Å². The zero-order valence-electron chi connectivity index (χ0n) is 11.1. The molecular weight excluding hydrogens is 246 g/mol. The smallest absolute Gasteiger partial charge is 0.293 e. The van der Waals surface area contributed by atoms with Gasteiger partial charge in [-0.25, -0.2) is 4.79 Å². The van der Waals surface area contributed by atoms with Crippen molar-refractivity contribution in [2.24, 2.45) is 0 Å². The highest BCUT2D eigenvalue weighted by atomic mass is 16.2. The SMILES string of the molecule is CCn1c(=O)c2cc(C(C)=O)ncc2n(CC)c1=O. The van der Waals surface area contributed by atoms with Crippen LogP contribution < -0.4 is 11.2 Å². The van der Waals surface area contributed by atoms with Crippen LogP contribution in [0.2, 0.25) is 0 Å². The number of carbonyl (C=O) groups is 1. The molecule has 0 amide bonds. The molecule has 0 fully saturated rings. The van der Waals surface area contributed by atoms with Crippen LogP contribution in [0.15, 0.2) is 21.9 Å². The minimum Gasteiger partial charge on any atom is -0.293 e. The lowest BCUT2D eigenvalue weighted by Crippen LogP contribution is -2.39. The third-order valence-electron chi connectivity index (χ3n) is 3.10. The summed E-state index contributed by atoms with van der Waals surface area (Å²) in [6.07, 6.45) is 1.42. The first-order valence-corrected chi connectivity index (χ1v) is 6.15. The molecule has 0 aliphatic heterocycles. The quantitative estimate of drug-likeness (QED) is 0.766. The van der Waals surface area contributed by atoms with Gasteiger partial charge in [0.05, 0.1) is 17.1 Å². The molecule has 6 heteroatoms.